The van der Waals surface area contributed by atoms with Gasteiger partial charge in [-0.05, 0) is 31.8 Å². The lowest BCUT2D eigenvalue weighted by atomic mass is 9.90. The lowest BCUT2D eigenvalue weighted by Crippen LogP contribution is -2.50. The minimum atomic E-state index is -2.84. The third-order valence-corrected chi connectivity index (χ3v) is 5.88. The van der Waals surface area contributed by atoms with Gasteiger partial charge in [0.15, 0.2) is 9.84 Å². The summed E-state index contributed by atoms with van der Waals surface area (Å²) in [4.78, 5) is 2.33. The second kappa shape index (κ2) is 8.22. The summed E-state index contributed by atoms with van der Waals surface area (Å²) in [5.74, 6) is 1.31. The van der Waals surface area contributed by atoms with Crippen LogP contribution < -0.4 is 5.32 Å². The Bertz CT molecular complexity index is 343. The van der Waals surface area contributed by atoms with E-state index in [0.29, 0.717) is 30.0 Å². The van der Waals surface area contributed by atoms with Crippen molar-refractivity contribution in [3.05, 3.63) is 0 Å². The van der Waals surface area contributed by atoms with Crippen LogP contribution in [0.3, 0.4) is 0 Å². The van der Waals surface area contributed by atoms with E-state index in [9.17, 15) is 8.42 Å². The van der Waals surface area contributed by atoms with Gasteiger partial charge in [0.1, 0.15) is 0 Å². The molecule has 2 unspecified atom stereocenters. The minimum Gasteiger partial charge on any atom is -0.314 e. The van der Waals surface area contributed by atoms with Gasteiger partial charge in [-0.1, -0.05) is 27.2 Å². The van der Waals surface area contributed by atoms with Gasteiger partial charge >= 0.3 is 0 Å². The molecule has 1 N–H and O–H groups in total. The molecule has 114 valence electrons. The zero-order chi connectivity index (χ0) is 14.3. The van der Waals surface area contributed by atoms with Crippen molar-refractivity contribution in [1.82, 2.24) is 10.2 Å². The maximum atomic E-state index is 11.8. The first-order valence-electron chi connectivity index (χ1n) is 7.68. The number of rotatable bonds is 8. The van der Waals surface area contributed by atoms with Crippen LogP contribution in [-0.4, -0.2) is 57.0 Å². The summed E-state index contributed by atoms with van der Waals surface area (Å²) < 4.78 is 23.5. The Kier molecular flexibility index (Phi) is 7.32. The molecular weight excluding hydrogens is 260 g/mol. The fourth-order valence-corrected chi connectivity index (χ4v) is 4.30. The predicted octanol–water partition coefficient (Wildman–Crippen LogP) is 1.52. The van der Waals surface area contributed by atoms with Gasteiger partial charge in [-0.15, -0.1) is 0 Å². The molecule has 0 radical (unpaired) electrons. The average molecular weight is 290 g/mol. The normalized spacial score (nSPS) is 25.6. The van der Waals surface area contributed by atoms with Crippen LogP contribution in [0.2, 0.25) is 0 Å². The summed E-state index contributed by atoms with van der Waals surface area (Å²) in [5.41, 5.74) is 0. The van der Waals surface area contributed by atoms with Crippen LogP contribution in [0.4, 0.5) is 0 Å². The average Bonchev–Trinajstić information content (AvgIpc) is 2.38. The van der Waals surface area contributed by atoms with E-state index < -0.39 is 9.84 Å². The molecule has 0 amide bonds. The molecule has 19 heavy (non-hydrogen) atoms. The first kappa shape index (κ1) is 16.9. The fraction of sp³-hybridized carbons (Fsp3) is 1.00. The maximum absolute atomic E-state index is 11.8. The van der Waals surface area contributed by atoms with E-state index in [1.807, 2.05) is 6.92 Å². The topological polar surface area (TPSA) is 49.4 Å². The molecule has 1 aliphatic heterocycles. The Morgan fingerprint density at radius 3 is 2.53 bits per heavy atom. The van der Waals surface area contributed by atoms with Gasteiger partial charge < -0.3 is 10.2 Å². The highest BCUT2D eigenvalue weighted by Gasteiger charge is 2.27. The van der Waals surface area contributed by atoms with Crippen LogP contribution >= 0.6 is 0 Å². The van der Waals surface area contributed by atoms with Crippen molar-refractivity contribution in [2.24, 2.45) is 5.92 Å². The summed E-state index contributed by atoms with van der Waals surface area (Å²) >= 11 is 0. The van der Waals surface area contributed by atoms with Gasteiger partial charge in [-0.3, -0.25) is 0 Å². The summed E-state index contributed by atoms with van der Waals surface area (Å²) in [6.07, 6.45) is 3.03. The van der Waals surface area contributed by atoms with Crippen LogP contribution in [0, 0.1) is 5.92 Å². The summed E-state index contributed by atoms with van der Waals surface area (Å²) in [6, 6.07) is 0.610. The van der Waals surface area contributed by atoms with E-state index in [1.165, 1.54) is 0 Å². The van der Waals surface area contributed by atoms with Gasteiger partial charge in [0, 0.05) is 24.9 Å². The van der Waals surface area contributed by atoms with E-state index in [1.54, 1.807) is 0 Å². The number of hydrogen-bond donors (Lipinski definition) is 1. The van der Waals surface area contributed by atoms with Gasteiger partial charge in [-0.2, -0.15) is 0 Å². The maximum Gasteiger partial charge on any atom is 0.151 e. The molecule has 1 aliphatic rings. The zero-order valence-corrected chi connectivity index (χ0v) is 13.5. The van der Waals surface area contributed by atoms with Gasteiger partial charge in [0.05, 0.1) is 5.75 Å². The lowest BCUT2D eigenvalue weighted by Gasteiger charge is -2.38. The molecule has 0 bridgehead atoms. The van der Waals surface area contributed by atoms with E-state index in [-0.39, 0.29) is 0 Å². The Morgan fingerprint density at radius 2 is 1.95 bits per heavy atom. The molecule has 1 saturated heterocycles. The number of nitrogens with zero attached hydrogens (tertiary/aromatic N) is 1. The first-order chi connectivity index (χ1) is 9.02. The molecule has 0 saturated carbocycles. The zero-order valence-electron chi connectivity index (χ0n) is 12.7. The van der Waals surface area contributed by atoms with E-state index in [2.05, 4.69) is 24.1 Å². The van der Waals surface area contributed by atoms with Crippen molar-refractivity contribution >= 4 is 9.84 Å². The van der Waals surface area contributed by atoms with Crippen molar-refractivity contribution in [2.45, 2.75) is 46.1 Å². The summed E-state index contributed by atoms with van der Waals surface area (Å²) in [7, 11) is -2.84. The fourth-order valence-electron chi connectivity index (χ4n) is 2.94. The molecule has 0 aliphatic carbocycles. The van der Waals surface area contributed by atoms with E-state index >= 15 is 0 Å². The molecule has 1 heterocycles. The Labute approximate surface area is 118 Å². The number of piperidine rings is 1. The molecule has 5 heteroatoms. The highest BCUT2D eigenvalue weighted by atomic mass is 32.2. The van der Waals surface area contributed by atoms with Crippen molar-refractivity contribution < 1.29 is 8.42 Å². The molecule has 4 nitrogen and oxygen atoms in total. The molecule has 1 rings (SSSR count). The largest absolute Gasteiger partial charge is 0.314 e. The lowest BCUT2D eigenvalue weighted by molar-refractivity contribution is 0.142. The Balaban J connectivity index is 2.41. The first-order valence-corrected chi connectivity index (χ1v) is 9.50. The van der Waals surface area contributed by atoms with E-state index in [0.717, 1.165) is 38.9 Å². The number of hydrogen-bond acceptors (Lipinski definition) is 4. The third-order valence-electron chi connectivity index (χ3n) is 4.04. The van der Waals surface area contributed by atoms with Crippen LogP contribution in [-0.2, 0) is 9.84 Å². The van der Waals surface area contributed by atoms with Crippen LogP contribution in [0.25, 0.3) is 0 Å². The monoisotopic (exact) mass is 290 g/mol. The second-order valence-corrected chi connectivity index (χ2v) is 7.88. The van der Waals surface area contributed by atoms with Crippen LogP contribution in [0.5, 0.6) is 0 Å². The summed E-state index contributed by atoms with van der Waals surface area (Å²) in [5, 5.41) is 3.55. The Morgan fingerprint density at radius 1 is 1.21 bits per heavy atom. The van der Waals surface area contributed by atoms with Crippen molar-refractivity contribution in [3.8, 4) is 0 Å². The molecule has 0 aromatic rings. The molecule has 1 fully saturated rings. The smallest absolute Gasteiger partial charge is 0.151 e. The summed E-state index contributed by atoms with van der Waals surface area (Å²) in [6.45, 7) is 10.1. The van der Waals surface area contributed by atoms with Crippen molar-refractivity contribution in [1.29, 1.82) is 0 Å². The van der Waals surface area contributed by atoms with Crippen molar-refractivity contribution in [2.75, 3.05) is 37.7 Å². The van der Waals surface area contributed by atoms with Gasteiger partial charge in [0.2, 0.25) is 0 Å². The molecule has 0 spiro atoms. The number of sulfone groups is 1. The standard InChI is InChI=1S/C14H30N2O2S/c1-4-10-19(17,18)11-9-16-8-7-14(15-6-3)13(5-2)12-16/h13-15H,4-12H2,1-3H3. The molecule has 0 aromatic heterocycles. The highest BCUT2D eigenvalue weighted by molar-refractivity contribution is 7.91. The predicted molar refractivity (Wildman–Crippen MR) is 81.2 cm³/mol. The number of nitrogens with one attached hydrogen (secondary N) is 1. The second-order valence-electron chi connectivity index (χ2n) is 5.57. The van der Waals surface area contributed by atoms with Crippen LogP contribution in [0.15, 0.2) is 0 Å². The van der Waals surface area contributed by atoms with Crippen LogP contribution in [0.1, 0.15) is 40.0 Å². The van der Waals surface area contributed by atoms with Crippen molar-refractivity contribution in [3.63, 3.8) is 0 Å². The molecule has 0 aromatic carbocycles. The number of likely N-dealkylation sites (tertiary alicyclic amines) is 1. The third kappa shape index (κ3) is 5.79. The van der Waals surface area contributed by atoms with E-state index in [4.69, 9.17) is 0 Å². The molecule has 2 atom stereocenters. The molecular formula is C14H30N2O2S. The minimum absolute atomic E-state index is 0.323. The van der Waals surface area contributed by atoms with Gasteiger partial charge in [0.25, 0.3) is 0 Å². The SMILES string of the molecule is CCCS(=O)(=O)CCN1CCC(NCC)C(CC)C1. The highest BCUT2D eigenvalue weighted by Crippen LogP contribution is 2.20. The quantitative estimate of drug-likeness (QED) is 0.736. The van der Waals surface area contributed by atoms with Gasteiger partial charge in [-0.25, -0.2) is 8.42 Å². The Hall–Kier alpha value is -0.130.